The fraction of sp³-hybridized carbons (Fsp3) is 0.318. The van der Waals surface area contributed by atoms with Gasteiger partial charge in [0.25, 0.3) is 11.8 Å². The van der Waals surface area contributed by atoms with Crippen LogP contribution in [0.5, 0.6) is 0 Å². The fourth-order valence-electron chi connectivity index (χ4n) is 3.05. The van der Waals surface area contributed by atoms with Crippen molar-refractivity contribution in [1.82, 2.24) is 24.7 Å². The Morgan fingerprint density at radius 1 is 1.15 bits per heavy atom. The number of carbonyl (C=O) groups is 2. The van der Waals surface area contributed by atoms with Gasteiger partial charge < -0.3 is 14.6 Å². The highest BCUT2D eigenvalue weighted by Gasteiger charge is 2.22. The zero-order chi connectivity index (χ0) is 24.7. The van der Waals surface area contributed by atoms with Crippen molar-refractivity contribution in [3.8, 4) is 11.4 Å². The van der Waals surface area contributed by atoms with Gasteiger partial charge in [0.1, 0.15) is 6.54 Å². The maximum atomic E-state index is 12.5. The van der Waals surface area contributed by atoms with Crippen LogP contribution < -0.4 is 5.32 Å². The summed E-state index contributed by atoms with van der Waals surface area (Å²) in [5.41, 5.74) is 0.858. The van der Waals surface area contributed by atoms with Crippen molar-refractivity contribution in [2.45, 2.75) is 31.8 Å². The van der Waals surface area contributed by atoms with Crippen LogP contribution >= 0.6 is 0 Å². The molecule has 0 aliphatic rings. The first-order valence-electron chi connectivity index (χ1n) is 10.6. The molecule has 1 amide bonds. The molecule has 11 nitrogen and oxygen atoms in total. The van der Waals surface area contributed by atoms with E-state index in [0.717, 1.165) is 0 Å². The summed E-state index contributed by atoms with van der Waals surface area (Å²) < 4.78 is 36.8. The van der Waals surface area contributed by atoms with Crippen LogP contribution in [0.15, 0.2) is 58.2 Å². The fourth-order valence-corrected chi connectivity index (χ4v) is 4.51. The van der Waals surface area contributed by atoms with E-state index in [1.165, 1.54) is 28.6 Å². The Balaban J connectivity index is 1.54. The lowest BCUT2D eigenvalue weighted by molar-refractivity contribution is -0.148. The van der Waals surface area contributed by atoms with Crippen LogP contribution in [0.1, 0.15) is 43.1 Å². The van der Waals surface area contributed by atoms with Crippen molar-refractivity contribution in [3.63, 3.8) is 0 Å². The van der Waals surface area contributed by atoms with Crippen molar-refractivity contribution >= 4 is 21.9 Å². The minimum atomic E-state index is -3.62. The number of aromatic nitrogens is 3. The second-order valence-corrected chi connectivity index (χ2v) is 9.06. The number of carbonyl (C=O) groups excluding carboxylic acids is 2. The molecule has 3 aromatic rings. The van der Waals surface area contributed by atoms with E-state index in [2.05, 4.69) is 20.4 Å². The number of pyridine rings is 1. The average molecular weight is 488 g/mol. The number of amides is 1. The van der Waals surface area contributed by atoms with E-state index in [4.69, 9.17) is 9.26 Å². The average Bonchev–Trinajstić information content (AvgIpc) is 3.34. The van der Waals surface area contributed by atoms with Gasteiger partial charge in [-0.05, 0) is 43.3 Å². The third kappa shape index (κ3) is 5.83. The minimum Gasteiger partial charge on any atom is -0.451 e. The van der Waals surface area contributed by atoms with Crippen LogP contribution in [0.3, 0.4) is 0 Å². The Kier molecular flexibility index (Phi) is 8.08. The quantitative estimate of drug-likeness (QED) is 0.425. The second-order valence-electron chi connectivity index (χ2n) is 7.13. The van der Waals surface area contributed by atoms with Crippen LogP contribution in [0.25, 0.3) is 11.4 Å². The molecule has 2 aromatic heterocycles. The van der Waals surface area contributed by atoms with Gasteiger partial charge in [-0.15, -0.1) is 0 Å². The van der Waals surface area contributed by atoms with Crippen LogP contribution in [-0.4, -0.2) is 59.4 Å². The van der Waals surface area contributed by atoms with E-state index >= 15 is 0 Å². The topological polar surface area (TPSA) is 145 Å². The molecule has 0 spiro atoms. The Morgan fingerprint density at radius 2 is 1.85 bits per heavy atom. The third-order valence-electron chi connectivity index (χ3n) is 4.87. The van der Waals surface area contributed by atoms with Crippen LogP contribution in [0, 0.1) is 0 Å². The van der Waals surface area contributed by atoms with E-state index in [1.807, 2.05) is 0 Å². The van der Waals surface area contributed by atoms with Crippen molar-refractivity contribution < 1.29 is 27.3 Å². The molecule has 12 heteroatoms. The van der Waals surface area contributed by atoms with Gasteiger partial charge in [-0.1, -0.05) is 19.0 Å². The standard InChI is InChI=1S/C22H25N5O6S/c1-4-27(5-2)34(30,31)18-10-8-16(9-11-18)21(29)24-14-19(28)32-15(3)22-25-20(26-33-22)17-7-6-12-23-13-17/h6-13,15H,4-5,14H2,1-3H3,(H,24,29). The molecule has 0 fully saturated rings. The number of ether oxygens (including phenoxy) is 1. The number of hydrogen-bond donors (Lipinski definition) is 1. The summed E-state index contributed by atoms with van der Waals surface area (Å²) in [6, 6.07) is 8.99. The van der Waals surface area contributed by atoms with Gasteiger partial charge in [-0.3, -0.25) is 14.6 Å². The van der Waals surface area contributed by atoms with Gasteiger partial charge in [0, 0.05) is 36.6 Å². The van der Waals surface area contributed by atoms with Crippen molar-refractivity contribution in [1.29, 1.82) is 0 Å². The van der Waals surface area contributed by atoms with Crippen LogP contribution in [0.2, 0.25) is 0 Å². The Bertz CT molecular complexity index is 1220. The highest BCUT2D eigenvalue weighted by Crippen LogP contribution is 2.20. The third-order valence-corrected chi connectivity index (χ3v) is 6.93. The summed E-state index contributed by atoms with van der Waals surface area (Å²) in [6.45, 7) is 5.36. The van der Waals surface area contributed by atoms with Crippen molar-refractivity contribution in [2.75, 3.05) is 19.6 Å². The van der Waals surface area contributed by atoms with E-state index in [0.29, 0.717) is 24.5 Å². The summed E-state index contributed by atoms with van der Waals surface area (Å²) >= 11 is 0. The number of hydrogen-bond acceptors (Lipinski definition) is 9. The lowest BCUT2D eigenvalue weighted by Crippen LogP contribution is -2.31. The van der Waals surface area contributed by atoms with E-state index in [9.17, 15) is 18.0 Å². The summed E-state index contributed by atoms with van der Waals surface area (Å²) in [7, 11) is -3.62. The highest BCUT2D eigenvalue weighted by molar-refractivity contribution is 7.89. The first-order valence-corrected chi connectivity index (χ1v) is 12.0. The molecule has 0 aliphatic carbocycles. The lowest BCUT2D eigenvalue weighted by atomic mass is 10.2. The monoisotopic (exact) mass is 487 g/mol. The van der Waals surface area contributed by atoms with Crippen LogP contribution in [-0.2, 0) is 19.6 Å². The smallest absolute Gasteiger partial charge is 0.326 e. The number of benzene rings is 1. The molecule has 0 bridgehead atoms. The zero-order valence-electron chi connectivity index (χ0n) is 19.0. The number of esters is 1. The van der Waals surface area contributed by atoms with Crippen molar-refractivity contribution in [3.05, 3.63) is 60.2 Å². The van der Waals surface area contributed by atoms with Gasteiger partial charge in [0.05, 0.1) is 4.90 Å². The molecule has 0 saturated heterocycles. The molecule has 0 radical (unpaired) electrons. The van der Waals surface area contributed by atoms with Gasteiger partial charge in [-0.25, -0.2) is 8.42 Å². The van der Waals surface area contributed by atoms with E-state index in [1.54, 1.807) is 45.3 Å². The predicted molar refractivity (Wildman–Crippen MR) is 121 cm³/mol. The summed E-state index contributed by atoms with van der Waals surface area (Å²) in [5, 5.41) is 6.28. The highest BCUT2D eigenvalue weighted by atomic mass is 32.2. The molecular weight excluding hydrogens is 462 g/mol. The SMILES string of the molecule is CCN(CC)S(=O)(=O)c1ccc(C(=O)NCC(=O)OC(C)c2nc(-c3cccnc3)no2)cc1. The van der Waals surface area contributed by atoms with Crippen molar-refractivity contribution in [2.24, 2.45) is 0 Å². The maximum absolute atomic E-state index is 12.5. The summed E-state index contributed by atoms with van der Waals surface area (Å²) in [5.74, 6) is -0.843. The minimum absolute atomic E-state index is 0.0891. The van der Waals surface area contributed by atoms with Gasteiger partial charge >= 0.3 is 5.97 Å². The Morgan fingerprint density at radius 3 is 2.47 bits per heavy atom. The summed E-state index contributed by atoms with van der Waals surface area (Å²) in [4.78, 5) is 32.8. The van der Waals surface area contributed by atoms with Gasteiger partial charge in [-0.2, -0.15) is 9.29 Å². The number of nitrogens with zero attached hydrogens (tertiary/aromatic N) is 4. The van der Waals surface area contributed by atoms with Gasteiger partial charge in [0.2, 0.25) is 15.8 Å². The number of nitrogens with one attached hydrogen (secondary N) is 1. The normalized spacial score (nSPS) is 12.4. The molecule has 34 heavy (non-hydrogen) atoms. The molecule has 180 valence electrons. The molecule has 3 rings (SSSR count). The molecule has 0 saturated carbocycles. The first kappa shape index (κ1) is 25.0. The largest absolute Gasteiger partial charge is 0.451 e. The Hall–Kier alpha value is -3.64. The lowest BCUT2D eigenvalue weighted by Gasteiger charge is -2.18. The molecule has 1 aromatic carbocycles. The van der Waals surface area contributed by atoms with E-state index in [-0.39, 0.29) is 16.3 Å². The summed E-state index contributed by atoms with van der Waals surface area (Å²) in [6.07, 6.45) is 2.37. The number of sulfonamides is 1. The molecule has 2 heterocycles. The molecule has 1 atom stereocenters. The first-order chi connectivity index (χ1) is 16.3. The second kappa shape index (κ2) is 11.0. The maximum Gasteiger partial charge on any atom is 0.326 e. The Labute approximate surface area is 197 Å². The molecule has 1 unspecified atom stereocenters. The molecule has 1 N–H and O–H groups in total. The number of rotatable bonds is 10. The van der Waals surface area contributed by atoms with E-state index < -0.39 is 34.5 Å². The molecule has 0 aliphatic heterocycles. The molecular formula is C22H25N5O6S. The predicted octanol–water partition coefficient (Wildman–Crippen LogP) is 2.20. The van der Waals surface area contributed by atoms with Crippen LogP contribution in [0.4, 0.5) is 0 Å². The van der Waals surface area contributed by atoms with Gasteiger partial charge in [0.15, 0.2) is 6.10 Å². The zero-order valence-corrected chi connectivity index (χ0v) is 19.8.